The predicted molar refractivity (Wildman–Crippen MR) is 82.9 cm³/mol. The van der Waals surface area contributed by atoms with Gasteiger partial charge in [-0.15, -0.1) is 0 Å². The van der Waals surface area contributed by atoms with E-state index in [1.165, 1.54) is 0 Å². The third-order valence-electron chi connectivity index (χ3n) is 3.49. The van der Waals surface area contributed by atoms with Crippen molar-refractivity contribution in [3.05, 3.63) is 52.8 Å². The van der Waals surface area contributed by atoms with E-state index in [-0.39, 0.29) is 11.1 Å². The molecule has 0 amide bonds. The fourth-order valence-electron chi connectivity index (χ4n) is 2.50. The molecule has 0 aliphatic heterocycles. The fourth-order valence-corrected chi connectivity index (χ4v) is 2.50. The SMILES string of the molecule is Cc1nc2ccccc2n1-c1nccn(C(C)(C)C)c1=O. The molecule has 108 valence electrons. The number of nitrogens with zero attached hydrogens (tertiary/aromatic N) is 4. The van der Waals surface area contributed by atoms with Crippen molar-refractivity contribution in [1.82, 2.24) is 19.1 Å². The molecule has 0 spiro atoms. The minimum atomic E-state index is -0.293. The lowest BCUT2D eigenvalue weighted by Crippen LogP contribution is -2.36. The molecule has 0 aliphatic carbocycles. The van der Waals surface area contributed by atoms with Crippen LogP contribution in [-0.2, 0) is 5.54 Å². The molecule has 21 heavy (non-hydrogen) atoms. The molecular formula is C16H18N4O. The van der Waals surface area contributed by atoms with Crippen molar-refractivity contribution in [2.24, 2.45) is 0 Å². The van der Waals surface area contributed by atoms with Crippen molar-refractivity contribution in [3.63, 3.8) is 0 Å². The van der Waals surface area contributed by atoms with Gasteiger partial charge in [0.25, 0.3) is 5.56 Å². The summed E-state index contributed by atoms with van der Waals surface area (Å²) in [5.41, 5.74) is 1.35. The second kappa shape index (κ2) is 4.55. The van der Waals surface area contributed by atoms with Gasteiger partial charge < -0.3 is 4.57 Å². The van der Waals surface area contributed by atoms with Gasteiger partial charge in [-0.3, -0.25) is 9.36 Å². The van der Waals surface area contributed by atoms with Crippen LogP contribution in [0.2, 0.25) is 0 Å². The largest absolute Gasteiger partial charge is 0.306 e. The Kier molecular flexibility index (Phi) is 2.93. The molecule has 0 N–H and O–H groups in total. The highest BCUT2D eigenvalue weighted by molar-refractivity contribution is 5.77. The van der Waals surface area contributed by atoms with Crippen LogP contribution in [0.15, 0.2) is 41.5 Å². The molecule has 1 aromatic carbocycles. The van der Waals surface area contributed by atoms with Crippen LogP contribution in [0.5, 0.6) is 0 Å². The minimum Gasteiger partial charge on any atom is -0.306 e. The second-order valence-electron chi connectivity index (χ2n) is 6.08. The third kappa shape index (κ3) is 2.14. The smallest absolute Gasteiger partial charge is 0.294 e. The van der Waals surface area contributed by atoms with Crippen molar-refractivity contribution in [3.8, 4) is 5.82 Å². The van der Waals surface area contributed by atoms with Crippen LogP contribution >= 0.6 is 0 Å². The van der Waals surface area contributed by atoms with Gasteiger partial charge in [-0.25, -0.2) is 9.97 Å². The maximum atomic E-state index is 12.8. The van der Waals surface area contributed by atoms with Crippen LogP contribution in [0, 0.1) is 6.92 Å². The normalized spacial score (nSPS) is 12.0. The highest BCUT2D eigenvalue weighted by Crippen LogP contribution is 2.18. The molecule has 0 bridgehead atoms. The van der Waals surface area contributed by atoms with E-state index in [4.69, 9.17) is 0 Å². The molecule has 2 heterocycles. The molecule has 5 heteroatoms. The summed E-state index contributed by atoms with van der Waals surface area (Å²) in [5.74, 6) is 1.14. The van der Waals surface area contributed by atoms with Gasteiger partial charge in [0.15, 0.2) is 0 Å². The number of rotatable bonds is 1. The summed E-state index contributed by atoms with van der Waals surface area (Å²) >= 11 is 0. The number of hydrogen-bond donors (Lipinski definition) is 0. The average Bonchev–Trinajstić information content (AvgIpc) is 2.74. The second-order valence-corrected chi connectivity index (χ2v) is 6.08. The maximum absolute atomic E-state index is 12.8. The van der Waals surface area contributed by atoms with Crippen LogP contribution in [0.3, 0.4) is 0 Å². The standard InChI is InChI=1S/C16H18N4O/c1-11-18-12-7-5-6-8-13(12)20(11)14-15(21)19(10-9-17-14)16(2,3)4/h5-10H,1-4H3. The summed E-state index contributed by atoms with van der Waals surface area (Å²) in [7, 11) is 0. The van der Waals surface area contributed by atoms with E-state index in [9.17, 15) is 4.79 Å². The van der Waals surface area contributed by atoms with Crippen molar-refractivity contribution in [2.45, 2.75) is 33.2 Å². The van der Waals surface area contributed by atoms with Crippen molar-refractivity contribution < 1.29 is 0 Å². The summed E-state index contributed by atoms with van der Waals surface area (Å²) < 4.78 is 3.52. The van der Waals surface area contributed by atoms with Gasteiger partial charge in [-0.1, -0.05) is 12.1 Å². The van der Waals surface area contributed by atoms with Crippen LogP contribution in [-0.4, -0.2) is 19.1 Å². The predicted octanol–water partition coefficient (Wildman–Crippen LogP) is 2.65. The Bertz CT molecular complexity index is 868. The molecule has 3 aromatic rings. The molecule has 3 rings (SSSR count). The van der Waals surface area contributed by atoms with E-state index in [0.717, 1.165) is 16.9 Å². The highest BCUT2D eigenvalue weighted by Gasteiger charge is 2.19. The van der Waals surface area contributed by atoms with Gasteiger partial charge in [-0.2, -0.15) is 0 Å². The number of fused-ring (bicyclic) bond motifs is 1. The summed E-state index contributed by atoms with van der Waals surface area (Å²) in [6.45, 7) is 7.88. The van der Waals surface area contributed by atoms with Crippen LogP contribution in [0.25, 0.3) is 16.9 Å². The molecule has 5 nitrogen and oxygen atoms in total. The number of para-hydroxylation sites is 2. The lowest BCUT2D eigenvalue weighted by Gasteiger charge is -2.22. The quantitative estimate of drug-likeness (QED) is 0.689. The Balaban J connectivity index is 2.35. The minimum absolute atomic E-state index is 0.115. The van der Waals surface area contributed by atoms with E-state index < -0.39 is 0 Å². The topological polar surface area (TPSA) is 52.7 Å². The molecule has 0 aliphatic rings. The zero-order chi connectivity index (χ0) is 15.2. The average molecular weight is 282 g/mol. The first-order chi connectivity index (χ1) is 9.89. The first-order valence-corrected chi connectivity index (χ1v) is 6.92. The summed E-state index contributed by atoms with van der Waals surface area (Å²) in [6.07, 6.45) is 3.39. The first kappa shape index (κ1) is 13.5. The van der Waals surface area contributed by atoms with Crippen LogP contribution < -0.4 is 5.56 Å². The van der Waals surface area contributed by atoms with E-state index in [2.05, 4.69) is 9.97 Å². The molecule has 0 radical (unpaired) electrons. The Hall–Kier alpha value is -2.43. The maximum Gasteiger partial charge on any atom is 0.294 e. The van der Waals surface area contributed by atoms with Gasteiger partial charge in [0.1, 0.15) is 5.82 Å². The number of benzene rings is 1. The monoisotopic (exact) mass is 282 g/mol. The summed E-state index contributed by atoms with van der Waals surface area (Å²) in [5, 5.41) is 0. The molecule has 0 saturated heterocycles. The van der Waals surface area contributed by atoms with E-state index in [0.29, 0.717) is 5.82 Å². The van der Waals surface area contributed by atoms with Gasteiger partial charge in [-0.05, 0) is 39.8 Å². The summed E-state index contributed by atoms with van der Waals surface area (Å²) in [6, 6.07) is 7.76. The number of imidazole rings is 1. The molecule has 0 fully saturated rings. The Morgan fingerprint density at radius 2 is 1.86 bits per heavy atom. The number of hydrogen-bond acceptors (Lipinski definition) is 3. The lowest BCUT2D eigenvalue weighted by molar-refractivity contribution is 0.381. The van der Waals surface area contributed by atoms with Crippen molar-refractivity contribution >= 4 is 11.0 Å². The Morgan fingerprint density at radius 1 is 1.14 bits per heavy atom. The molecule has 0 atom stereocenters. The molecular weight excluding hydrogens is 264 g/mol. The summed E-state index contributed by atoms with van der Waals surface area (Å²) in [4.78, 5) is 21.6. The number of aromatic nitrogens is 4. The van der Waals surface area contributed by atoms with Crippen molar-refractivity contribution in [2.75, 3.05) is 0 Å². The Morgan fingerprint density at radius 3 is 2.57 bits per heavy atom. The van der Waals surface area contributed by atoms with E-state index in [1.807, 2.05) is 56.5 Å². The van der Waals surface area contributed by atoms with Gasteiger partial charge >= 0.3 is 0 Å². The third-order valence-corrected chi connectivity index (χ3v) is 3.49. The molecule has 0 unspecified atom stereocenters. The Labute approximate surface area is 122 Å². The van der Waals surface area contributed by atoms with Crippen molar-refractivity contribution in [1.29, 1.82) is 0 Å². The zero-order valence-corrected chi connectivity index (χ0v) is 12.7. The first-order valence-electron chi connectivity index (χ1n) is 6.92. The van der Waals surface area contributed by atoms with Gasteiger partial charge in [0.2, 0.25) is 5.82 Å². The highest BCUT2D eigenvalue weighted by atomic mass is 16.1. The number of aryl methyl sites for hydroxylation is 1. The lowest BCUT2D eigenvalue weighted by atomic mass is 10.1. The fraction of sp³-hybridized carbons (Fsp3) is 0.312. The molecule has 0 saturated carbocycles. The van der Waals surface area contributed by atoms with Crippen LogP contribution in [0.1, 0.15) is 26.6 Å². The zero-order valence-electron chi connectivity index (χ0n) is 12.7. The van der Waals surface area contributed by atoms with Crippen LogP contribution in [0.4, 0.5) is 0 Å². The van der Waals surface area contributed by atoms with E-state index in [1.54, 1.807) is 17.0 Å². The molecule has 2 aromatic heterocycles. The van der Waals surface area contributed by atoms with E-state index >= 15 is 0 Å². The van der Waals surface area contributed by atoms with Gasteiger partial charge in [0, 0.05) is 17.9 Å². The van der Waals surface area contributed by atoms with Gasteiger partial charge in [0.05, 0.1) is 11.0 Å².